The summed E-state index contributed by atoms with van der Waals surface area (Å²) in [5, 5.41) is 0. The molecule has 0 saturated heterocycles. The second kappa shape index (κ2) is 11.4. The van der Waals surface area contributed by atoms with Crippen molar-refractivity contribution in [3.05, 3.63) is 192 Å². The lowest BCUT2D eigenvalue weighted by atomic mass is 9.73. The molecule has 7 aromatic rings. The van der Waals surface area contributed by atoms with Gasteiger partial charge in [-0.15, -0.1) is 0 Å². The van der Waals surface area contributed by atoms with Gasteiger partial charge in [-0.25, -0.2) is 0 Å². The highest BCUT2D eigenvalue weighted by atomic mass is 15.2. The maximum Gasteiger partial charge on any atom is 0.0504 e. The van der Waals surface area contributed by atoms with Crippen LogP contribution in [-0.4, -0.2) is 0 Å². The third-order valence-corrected chi connectivity index (χ3v) is 11.0. The van der Waals surface area contributed by atoms with Crippen LogP contribution in [-0.2, 0) is 10.8 Å². The van der Waals surface area contributed by atoms with E-state index in [0.717, 1.165) is 22.7 Å². The Morgan fingerprint density at radius 2 is 0.900 bits per heavy atom. The van der Waals surface area contributed by atoms with Gasteiger partial charge in [0, 0.05) is 33.6 Å². The third kappa shape index (κ3) is 4.63. The average molecular weight is 645 g/mol. The minimum atomic E-state index is -0.216. The molecule has 0 bridgehead atoms. The van der Waals surface area contributed by atoms with Gasteiger partial charge in [-0.2, -0.15) is 0 Å². The van der Waals surface area contributed by atoms with Crippen LogP contribution in [0.2, 0.25) is 0 Å². The first-order chi connectivity index (χ1) is 24.3. The first kappa shape index (κ1) is 30.2. The second-order valence-corrected chi connectivity index (χ2v) is 14.7. The molecule has 0 atom stereocenters. The van der Waals surface area contributed by atoms with Gasteiger partial charge in [-0.05, 0) is 105 Å². The summed E-state index contributed by atoms with van der Waals surface area (Å²) in [6.45, 7) is 9.45. The first-order valence-corrected chi connectivity index (χ1v) is 17.6. The third-order valence-electron chi connectivity index (χ3n) is 11.0. The zero-order chi connectivity index (χ0) is 34.0. The molecule has 0 fully saturated rings. The maximum absolute atomic E-state index is 2.44. The van der Waals surface area contributed by atoms with E-state index in [4.69, 9.17) is 0 Å². The Kier molecular flexibility index (Phi) is 6.86. The Morgan fingerprint density at radius 3 is 1.64 bits per heavy atom. The van der Waals surface area contributed by atoms with Gasteiger partial charge >= 0.3 is 0 Å². The summed E-state index contributed by atoms with van der Waals surface area (Å²) in [4.78, 5) is 4.87. The number of hydrogen-bond donors (Lipinski definition) is 0. The fourth-order valence-electron chi connectivity index (χ4n) is 8.40. The summed E-state index contributed by atoms with van der Waals surface area (Å²) in [6.07, 6.45) is 0. The van der Waals surface area contributed by atoms with E-state index in [1.807, 2.05) is 0 Å². The van der Waals surface area contributed by atoms with Crippen molar-refractivity contribution in [2.45, 2.75) is 38.5 Å². The molecule has 0 unspecified atom stereocenters. The maximum atomic E-state index is 2.44. The number of nitrogens with zero attached hydrogens (tertiary/aromatic N) is 2. The predicted molar refractivity (Wildman–Crippen MR) is 211 cm³/mol. The Labute approximate surface area is 295 Å². The number of anilines is 6. The molecule has 2 aliphatic rings. The van der Waals surface area contributed by atoms with Crippen molar-refractivity contribution in [3.63, 3.8) is 0 Å². The van der Waals surface area contributed by atoms with E-state index in [0.29, 0.717) is 0 Å². The summed E-state index contributed by atoms with van der Waals surface area (Å²) in [6, 6.07) is 62.3. The molecule has 0 saturated carbocycles. The molecule has 242 valence electrons. The fourth-order valence-corrected chi connectivity index (χ4v) is 8.40. The highest BCUT2D eigenvalue weighted by Gasteiger charge is 2.38. The lowest BCUT2D eigenvalue weighted by molar-refractivity contribution is 0.632. The van der Waals surface area contributed by atoms with Crippen LogP contribution < -0.4 is 9.80 Å². The normalized spacial score (nSPS) is 14.7. The zero-order valence-corrected chi connectivity index (χ0v) is 29.1. The molecule has 50 heavy (non-hydrogen) atoms. The van der Waals surface area contributed by atoms with E-state index >= 15 is 0 Å². The molecule has 0 radical (unpaired) electrons. The number of para-hydroxylation sites is 2. The minimum absolute atomic E-state index is 0.0809. The van der Waals surface area contributed by atoms with Gasteiger partial charge in [0.2, 0.25) is 0 Å². The van der Waals surface area contributed by atoms with Crippen molar-refractivity contribution in [2.75, 3.05) is 9.80 Å². The summed E-state index contributed by atoms with van der Waals surface area (Å²) in [5.41, 5.74) is 17.3. The van der Waals surface area contributed by atoms with Crippen molar-refractivity contribution < 1.29 is 0 Å². The van der Waals surface area contributed by atoms with Crippen LogP contribution in [0.4, 0.5) is 34.1 Å². The van der Waals surface area contributed by atoms with Crippen LogP contribution >= 0.6 is 0 Å². The summed E-state index contributed by atoms with van der Waals surface area (Å²) < 4.78 is 0. The molecule has 1 aliphatic heterocycles. The first-order valence-electron chi connectivity index (χ1n) is 17.6. The predicted octanol–water partition coefficient (Wildman–Crippen LogP) is 13.2. The zero-order valence-electron chi connectivity index (χ0n) is 29.1. The lowest BCUT2D eigenvalue weighted by Crippen LogP contribution is -2.31. The number of rotatable bonds is 5. The van der Waals surface area contributed by atoms with Crippen molar-refractivity contribution >= 4 is 34.1 Å². The van der Waals surface area contributed by atoms with Crippen LogP contribution in [0.3, 0.4) is 0 Å². The standard InChI is InChI=1S/C48H40N2/c1-47(2)41-20-12-11-19-39(41)40-29-27-37(31-43(40)47)49(35-17-9-6-10-18-35)38-28-30-46-44(32-38)48(3,4)42-21-13-14-22-45(42)50(46)36-25-23-34(24-26-36)33-15-7-5-8-16-33/h5-32H,1-4H3. The van der Waals surface area contributed by atoms with Gasteiger partial charge in [-0.3, -0.25) is 0 Å². The number of hydrogen-bond acceptors (Lipinski definition) is 2. The van der Waals surface area contributed by atoms with Crippen LogP contribution in [0.5, 0.6) is 0 Å². The van der Waals surface area contributed by atoms with E-state index in [2.05, 4.69) is 207 Å². The molecule has 0 N–H and O–H groups in total. The monoisotopic (exact) mass is 644 g/mol. The van der Waals surface area contributed by atoms with Crippen molar-refractivity contribution in [1.82, 2.24) is 0 Å². The van der Waals surface area contributed by atoms with Crippen LogP contribution in [0.25, 0.3) is 22.3 Å². The van der Waals surface area contributed by atoms with Gasteiger partial charge < -0.3 is 9.80 Å². The summed E-state index contributed by atoms with van der Waals surface area (Å²) >= 11 is 0. The van der Waals surface area contributed by atoms with E-state index in [-0.39, 0.29) is 10.8 Å². The molecule has 0 aromatic heterocycles. The number of fused-ring (bicyclic) bond motifs is 5. The van der Waals surface area contributed by atoms with Crippen LogP contribution in [0.1, 0.15) is 49.9 Å². The largest absolute Gasteiger partial charge is 0.310 e. The molecule has 2 nitrogen and oxygen atoms in total. The highest BCUT2D eigenvalue weighted by Crippen LogP contribution is 2.54. The SMILES string of the molecule is CC1(C)c2ccccc2-c2ccc(N(c3ccccc3)c3ccc4c(c3)C(C)(C)c3ccccc3N4c3ccc(-c4ccccc4)cc3)cc21. The molecular formula is C48H40N2. The average Bonchev–Trinajstić information content (AvgIpc) is 3.39. The lowest BCUT2D eigenvalue weighted by Gasteiger charge is -2.42. The Hall–Kier alpha value is -5.86. The van der Waals surface area contributed by atoms with Crippen molar-refractivity contribution in [2.24, 2.45) is 0 Å². The molecular weight excluding hydrogens is 605 g/mol. The van der Waals surface area contributed by atoms with Gasteiger partial charge in [-0.1, -0.05) is 137 Å². The Bertz CT molecular complexity index is 2370. The Morgan fingerprint density at radius 1 is 0.380 bits per heavy atom. The fraction of sp³-hybridized carbons (Fsp3) is 0.125. The van der Waals surface area contributed by atoms with E-state index in [9.17, 15) is 0 Å². The quantitative estimate of drug-likeness (QED) is 0.184. The molecule has 9 rings (SSSR count). The van der Waals surface area contributed by atoms with Crippen molar-refractivity contribution in [3.8, 4) is 22.3 Å². The van der Waals surface area contributed by atoms with Gasteiger partial charge in [0.15, 0.2) is 0 Å². The van der Waals surface area contributed by atoms with Crippen LogP contribution in [0, 0.1) is 0 Å². The molecule has 0 spiro atoms. The number of benzene rings is 7. The van der Waals surface area contributed by atoms with Crippen LogP contribution in [0.15, 0.2) is 170 Å². The molecule has 0 amide bonds. The highest BCUT2D eigenvalue weighted by molar-refractivity contribution is 5.90. The molecule has 1 aliphatic carbocycles. The minimum Gasteiger partial charge on any atom is -0.310 e. The van der Waals surface area contributed by atoms with E-state index in [1.165, 1.54) is 55.9 Å². The Balaban J connectivity index is 1.20. The van der Waals surface area contributed by atoms with Gasteiger partial charge in [0.1, 0.15) is 0 Å². The summed E-state index contributed by atoms with van der Waals surface area (Å²) in [5.74, 6) is 0. The molecule has 2 heteroatoms. The van der Waals surface area contributed by atoms with Gasteiger partial charge in [0.25, 0.3) is 0 Å². The smallest absolute Gasteiger partial charge is 0.0504 e. The summed E-state index contributed by atoms with van der Waals surface area (Å²) in [7, 11) is 0. The second-order valence-electron chi connectivity index (χ2n) is 14.7. The van der Waals surface area contributed by atoms with Gasteiger partial charge in [0.05, 0.1) is 11.4 Å². The van der Waals surface area contributed by atoms with Crippen molar-refractivity contribution in [1.29, 1.82) is 0 Å². The van der Waals surface area contributed by atoms with E-state index in [1.54, 1.807) is 0 Å². The molecule has 1 heterocycles. The topological polar surface area (TPSA) is 6.48 Å². The van der Waals surface area contributed by atoms with E-state index < -0.39 is 0 Å². The molecule has 7 aromatic carbocycles.